The van der Waals surface area contributed by atoms with Crippen LogP contribution in [0.5, 0.6) is 0 Å². The Morgan fingerprint density at radius 3 is 2.71 bits per heavy atom. The van der Waals surface area contributed by atoms with Crippen LogP contribution in [0.2, 0.25) is 0 Å². The largest absolute Gasteiger partial charge is 0.335 e. The van der Waals surface area contributed by atoms with Gasteiger partial charge in [0.15, 0.2) is 0 Å². The number of hydrogen-bond donors (Lipinski definition) is 1. The van der Waals surface area contributed by atoms with Crippen LogP contribution in [0.1, 0.15) is 46.4 Å². The van der Waals surface area contributed by atoms with Gasteiger partial charge in [-0.05, 0) is 38.3 Å². The molecular formula is C14H27N3. The van der Waals surface area contributed by atoms with Crippen LogP contribution >= 0.6 is 0 Å². The molecule has 1 N–H and O–H groups in total. The van der Waals surface area contributed by atoms with Crippen molar-refractivity contribution in [3.63, 3.8) is 0 Å². The molecule has 0 bridgehead atoms. The highest BCUT2D eigenvalue weighted by Crippen LogP contribution is 2.24. The molecule has 0 aromatic carbocycles. The van der Waals surface area contributed by atoms with Gasteiger partial charge in [-0.15, -0.1) is 0 Å². The SMILES string of the molecule is CCCNCCC(C)(C)Cc1nccn1CC. The lowest BCUT2D eigenvalue weighted by atomic mass is 9.85. The highest BCUT2D eigenvalue weighted by Gasteiger charge is 2.20. The molecule has 0 fully saturated rings. The van der Waals surface area contributed by atoms with Crippen molar-refractivity contribution in [2.75, 3.05) is 13.1 Å². The van der Waals surface area contributed by atoms with Gasteiger partial charge in [0.05, 0.1) is 0 Å². The standard InChI is InChI=1S/C14H27N3/c1-5-8-15-9-7-14(3,4)12-13-16-10-11-17(13)6-2/h10-11,15H,5-9,12H2,1-4H3. The van der Waals surface area contributed by atoms with E-state index >= 15 is 0 Å². The third-order valence-electron chi connectivity index (χ3n) is 3.18. The van der Waals surface area contributed by atoms with E-state index in [-0.39, 0.29) is 0 Å². The second-order valence-electron chi connectivity index (χ2n) is 5.47. The Balaban J connectivity index is 2.42. The van der Waals surface area contributed by atoms with Crippen molar-refractivity contribution in [2.24, 2.45) is 5.41 Å². The Morgan fingerprint density at radius 1 is 1.29 bits per heavy atom. The van der Waals surface area contributed by atoms with E-state index in [0.717, 1.165) is 26.1 Å². The first kappa shape index (κ1) is 14.2. The second-order valence-corrected chi connectivity index (χ2v) is 5.47. The molecule has 1 heterocycles. The van der Waals surface area contributed by atoms with Gasteiger partial charge < -0.3 is 9.88 Å². The normalized spacial score (nSPS) is 12.0. The molecule has 0 atom stereocenters. The summed E-state index contributed by atoms with van der Waals surface area (Å²) >= 11 is 0. The highest BCUT2D eigenvalue weighted by atomic mass is 15.1. The third kappa shape index (κ3) is 4.90. The maximum atomic E-state index is 4.46. The minimum atomic E-state index is 0.318. The van der Waals surface area contributed by atoms with E-state index < -0.39 is 0 Å². The fourth-order valence-electron chi connectivity index (χ4n) is 2.04. The van der Waals surface area contributed by atoms with E-state index in [1.165, 1.54) is 18.7 Å². The zero-order chi connectivity index (χ0) is 12.7. The smallest absolute Gasteiger partial charge is 0.109 e. The summed E-state index contributed by atoms with van der Waals surface area (Å²) < 4.78 is 2.24. The quantitative estimate of drug-likeness (QED) is 0.705. The van der Waals surface area contributed by atoms with Crippen molar-refractivity contribution in [2.45, 2.75) is 53.5 Å². The number of aryl methyl sites for hydroxylation is 1. The molecule has 0 spiro atoms. The summed E-state index contributed by atoms with van der Waals surface area (Å²) in [6.45, 7) is 12.3. The predicted molar refractivity (Wildman–Crippen MR) is 73.2 cm³/mol. The van der Waals surface area contributed by atoms with Gasteiger partial charge in [-0.2, -0.15) is 0 Å². The molecule has 17 heavy (non-hydrogen) atoms. The lowest BCUT2D eigenvalue weighted by Gasteiger charge is -2.24. The first-order valence-electron chi connectivity index (χ1n) is 6.80. The van der Waals surface area contributed by atoms with E-state index in [2.05, 4.69) is 48.8 Å². The fourth-order valence-corrected chi connectivity index (χ4v) is 2.04. The molecule has 0 saturated heterocycles. The number of hydrogen-bond acceptors (Lipinski definition) is 2. The third-order valence-corrected chi connectivity index (χ3v) is 3.18. The van der Waals surface area contributed by atoms with Gasteiger partial charge >= 0.3 is 0 Å². The van der Waals surface area contributed by atoms with E-state index in [1.807, 2.05) is 6.20 Å². The number of aromatic nitrogens is 2. The Labute approximate surface area is 106 Å². The molecule has 1 aromatic heterocycles. The number of nitrogens with one attached hydrogen (secondary N) is 1. The van der Waals surface area contributed by atoms with Crippen LogP contribution in [0.4, 0.5) is 0 Å². The Hall–Kier alpha value is -0.830. The van der Waals surface area contributed by atoms with Crippen molar-refractivity contribution in [3.8, 4) is 0 Å². The monoisotopic (exact) mass is 237 g/mol. The van der Waals surface area contributed by atoms with E-state index in [0.29, 0.717) is 5.41 Å². The van der Waals surface area contributed by atoms with Crippen molar-refractivity contribution in [1.82, 2.24) is 14.9 Å². The van der Waals surface area contributed by atoms with Crippen LogP contribution in [0.15, 0.2) is 12.4 Å². The van der Waals surface area contributed by atoms with Crippen LogP contribution in [-0.4, -0.2) is 22.6 Å². The summed E-state index contributed by atoms with van der Waals surface area (Å²) in [6, 6.07) is 0. The molecule has 0 aliphatic carbocycles. The van der Waals surface area contributed by atoms with E-state index in [9.17, 15) is 0 Å². The van der Waals surface area contributed by atoms with Gasteiger partial charge in [0, 0.05) is 25.4 Å². The van der Waals surface area contributed by atoms with E-state index in [1.54, 1.807) is 0 Å². The molecule has 98 valence electrons. The molecule has 1 rings (SSSR count). The molecule has 0 unspecified atom stereocenters. The highest BCUT2D eigenvalue weighted by molar-refractivity contribution is 4.96. The summed E-state index contributed by atoms with van der Waals surface area (Å²) in [7, 11) is 0. The van der Waals surface area contributed by atoms with Crippen molar-refractivity contribution >= 4 is 0 Å². The lowest BCUT2D eigenvalue weighted by Crippen LogP contribution is -2.25. The predicted octanol–water partition coefficient (Wildman–Crippen LogP) is 2.86. The molecular weight excluding hydrogens is 210 g/mol. The average Bonchev–Trinajstić information content (AvgIpc) is 2.71. The molecule has 0 radical (unpaired) electrons. The maximum Gasteiger partial charge on any atom is 0.109 e. The molecule has 1 aromatic rings. The number of nitrogens with zero attached hydrogens (tertiary/aromatic N) is 2. The Bertz CT molecular complexity index is 315. The number of imidazole rings is 1. The first-order chi connectivity index (χ1) is 8.09. The van der Waals surface area contributed by atoms with Gasteiger partial charge in [0.1, 0.15) is 5.82 Å². The van der Waals surface area contributed by atoms with Crippen LogP contribution in [-0.2, 0) is 13.0 Å². The van der Waals surface area contributed by atoms with Crippen LogP contribution in [0.25, 0.3) is 0 Å². The molecule has 0 aliphatic rings. The fraction of sp³-hybridized carbons (Fsp3) is 0.786. The summed E-state index contributed by atoms with van der Waals surface area (Å²) in [5.74, 6) is 1.22. The topological polar surface area (TPSA) is 29.9 Å². The zero-order valence-electron chi connectivity index (χ0n) is 11.8. The second kappa shape index (κ2) is 6.80. The molecule has 0 aliphatic heterocycles. The minimum Gasteiger partial charge on any atom is -0.335 e. The van der Waals surface area contributed by atoms with E-state index in [4.69, 9.17) is 0 Å². The van der Waals surface area contributed by atoms with Crippen molar-refractivity contribution < 1.29 is 0 Å². The van der Waals surface area contributed by atoms with Gasteiger partial charge in [-0.1, -0.05) is 20.8 Å². The van der Waals surface area contributed by atoms with Gasteiger partial charge in [-0.3, -0.25) is 0 Å². The maximum absolute atomic E-state index is 4.46. The summed E-state index contributed by atoms with van der Waals surface area (Å²) in [5, 5.41) is 3.47. The van der Waals surface area contributed by atoms with Gasteiger partial charge in [0.2, 0.25) is 0 Å². The van der Waals surface area contributed by atoms with Crippen molar-refractivity contribution in [3.05, 3.63) is 18.2 Å². The zero-order valence-corrected chi connectivity index (χ0v) is 11.8. The van der Waals surface area contributed by atoms with Gasteiger partial charge in [-0.25, -0.2) is 4.98 Å². The van der Waals surface area contributed by atoms with Gasteiger partial charge in [0.25, 0.3) is 0 Å². The van der Waals surface area contributed by atoms with Crippen LogP contribution in [0.3, 0.4) is 0 Å². The summed E-state index contributed by atoms with van der Waals surface area (Å²) in [6.07, 6.45) is 7.44. The lowest BCUT2D eigenvalue weighted by molar-refractivity contribution is 0.315. The molecule has 3 nitrogen and oxygen atoms in total. The summed E-state index contributed by atoms with van der Waals surface area (Å²) in [5.41, 5.74) is 0.318. The molecule has 3 heteroatoms. The minimum absolute atomic E-state index is 0.318. The Kier molecular flexibility index (Phi) is 5.69. The molecule has 0 saturated carbocycles. The van der Waals surface area contributed by atoms with Crippen LogP contribution in [0, 0.1) is 5.41 Å². The summed E-state index contributed by atoms with van der Waals surface area (Å²) in [4.78, 5) is 4.46. The average molecular weight is 237 g/mol. The van der Waals surface area contributed by atoms with Crippen molar-refractivity contribution in [1.29, 1.82) is 0 Å². The Morgan fingerprint density at radius 2 is 2.06 bits per heavy atom. The first-order valence-corrected chi connectivity index (χ1v) is 6.80. The molecule has 0 amide bonds. The number of rotatable bonds is 8. The van der Waals surface area contributed by atoms with Crippen LogP contribution < -0.4 is 5.32 Å².